The second kappa shape index (κ2) is 8.69. The molecule has 0 fully saturated rings. The number of non-ortho nitro benzene ring substituents is 1. The molecule has 0 bridgehead atoms. The zero-order chi connectivity index (χ0) is 21.0. The molecule has 1 heterocycles. The van der Waals surface area contributed by atoms with Crippen LogP contribution in [-0.4, -0.2) is 42.5 Å². The van der Waals surface area contributed by atoms with Crippen molar-refractivity contribution >= 4 is 50.8 Å². The maximum atomic E-state index is 12.1. The number of rotatable bonds is 6. The van der Waals surface area contributed by atoms with E-state index < -0.39 is 29.3 Å². The number of nitro groups is 1. The van der Waals surface area contributed by atoms with E-state index in [0.717, 1.165) is 0 Å². The number of nitrogens with zero attached hydrogens (tertiary/aromatic N) is 2. The zero-order valence-electron chi connectivity index (χ0n) is 14.8. The topological polar surface area (TPSA) is 128 Å². The minimum absolute atomic E-state index is 0.142. The van der Waals surface area contributed by atoms with Gasteiger partial charge in [0, 0.05) is 16.6 Å². The van der Waals surface area contributed by atoms with Gasteiger partial charge in [0.05, 0.1) is 16.3 Å². The van der Waals surface area contributed by atoms with Crippen LogP contribution in [0.2, 0.25) is 0 Å². The zero-order valence-corrected chi connectivity index (χ0v) is 16.4. The van der Waals surface area contributed by atoms with Gasteiger partial charge in [0.25, 0.3) is 17.5 Å². The molecule has 3 rings (SSSR count). The van der Waals surface area contributed by atoms with Gasteiger partial charge in [-0.15, -0.1) is 0 Å². The highest BCUT2D eigenvalue weighted by Gasteiger charge is 2.27. The number of carbonyl (C=O) groups excluding carboxylic acids is 3. The summed E-state index contributed by atoms with van der Waals surface area (Å²) in [6.45, 7) is -1.14. The minimum Gasteiger partial charge on any atom is -0.482 e. The van der Waals surface area contributed by atoms with Crippen molar-refractivity contribution in [3.63, 3.8) is 0 Å². The Bertz CT molecular complexity index is 995. The summed E-state index contributed by atoms with van der Waals surface area (Å²) >= 11 is 3.13. The lowest BCUT2D eigenvalue weighted by Crippen LogP contribution is -2.42. The number of amides is 2. The van der Waals surface area contributed by atoms with Crippen molar-refractivity contribution in [2.75, 3.05) is 30.0 Å². The van der Waals surface area contributed by atoms with Crippen molar-refractivity contribution < 1.29 is 28.8 Å². The first-order chi connectivity index (χ1) is 13.8. The number of anilines is 2. The van der Waals surface area contributed by atoms with Gasteiger partial charge in [-0.25, -0.2) is 0 Å². The Labute approximate surface area is 172 Å². The lowest BCUT2D eigenvalue weighted by Gasteiger charge is -2.28. The van der Waals surface area contributed by atoms with E-state index in [4.69, 9.17) is 9.47 Å². The molecular formula is C18H14BrN3O7. The second-order valence-corrected chi connectivity index (χ2v) is 6.72. The molecule has 0 radical (unpaired) electrons. The van der Waals surface area contributed by atoms with Crippen LogP contribution < -0.4 is 15.0 Å². The molecule has 0 spiro atoms. The number of benzene rings is 2. The van der Waals surface area contributed by atoms with Crippen LogP contribution in [0.5, 0.6) is 5.75 Å². The maximum Gasteiger partial charge on any atom is 0.326 e. The van der Waals surface area contributed by atoms with Gasteiger partial charge < -0.3 is 14.8 Å². The van der Waals surface area contributed by atoms with Gasteiger partial charge in [-0.1, -0.05) is 12.1 Å². The monoisotopic (exact) mass is 463 g/mol. The number of hydrogen-bond donors (Lipinski definition) is 1. The number of fused-ring (bicyclic) bond motifs is 1. The van der Waals surface area contributed by atoms with Crippen LogP contribution in [0.3, 0.4) is 0 Å². The summed E-state index contributed by atoms with van der Waals surface area (Å²) < 4.78 is 10.5. The summed E-state index contributed by atoms with van der Waals surface area (Å²) in [6.07, 6.45) is 0. The third-order valence-electron chi connectivity index (χ3n) is 3.90. The van der Waals surface area contributed by atoms with Crippen molar-refractivity contribution in [3.05, 3.63) is 57.1 Å². The number of ether oxygens (including phenoxy) is 2. The molecule has 0 aliphatic carbocycles. The van der Waals surface area contributed by atoms with E-state index in [1.165, 1.54) is 23.1 Å². The largest absolute Gasteiger partial charge is 0.482 e. The molecule has 1 N–H and O–H groups in total. The highest BCUT2D eigenvalue weighted by Crippen LogP contribution is 2.31. The predicted octanol–water partition coefficient (Wildman–Crippen LogP) is 2.26. The Morgan fingerprint density at radius 1 is 1.28 bits per heavy atom. The quantitative estimate of drug-likeness (QED) is 0.395. The summed E-state index contributed by atoms with van der Waals surface area (Å²) in [5.41, 5.74) is 0.589. The first-order valence-electron chi connectivity index (χ1n) is 8.27. The molecule has 1 aliphatic heterocycles. The van der Waals surface area contributed by atoms with E-state index in [0.29, 0.717) is 15.9 Å². The number of nitro benzene ring substituents is 1. The summed E-state index contributed by atoms with van der Waals surface area (Å²) in [5.74, 6) is -1.34. The molecule has 0 saturated heterocycles. The lowest BCUT2D eigenvalue weighted by molar-refractivity contribution is -0.384. The van der Waals surface area contributed by atoms with E-state index in [-0.39, 0.29) is 24.5 Å². The number of para-hydroxylation sites is 2. The van der Waals surface area contributed by atoms with E-state index >= 15 is 0 Å². The van der Waals surface area contributed by atoms with Gasteiger partial charge >= 0.3 is 5.97 Å². The summed E-state index contributed by atoms with van der Waals surface area (Å²) in [6, 6.07) is 10.6. The van der Waals surface area contributed by atoms with Crippen molar-refractivity contribution in [3.8, 4) is 5.75 Å². The number of hydrogen-bond acceptors (Lipinski definition) is 7. The molecule has 1 aliphatic rings. The van der Waals surface area contributed by atoms with E-state index in [1.54, 1.807) is 24.3 Å². The van der Waals surface area contributed by atoms with Crippen LogP contribution in [0, 0.1) is 10.1 Å². The molecule has 10 nitrogen and oxygen atoms in total. The smallest absolute Gasteiger partial charge is 0.326 e. The van der Waals surface area contributed by atoms with Crippen molar-refractivity contribution in [2.24, 2.45) is 0 Å². The lowest BCUT2D eigenvalue weighted by atomic mass is 10.2. The van der Waals surface area contributed by atoms with Gasteiger partial charge in [-0.05, 0) is 34.1 Å². The first kappa shape index (κ1) is 20.3. The van der Waals surface area contributed by atoms with Crippen molar-refractivity contribution in [2.45, 2.75) is 0 Å². The fourth-order valence-electron chi connectivity index (χ4n) is 2.55. The average molecular weight is 464 g/mol. The molecule has 2 aromatic rings. The molecule has 150 valence electrons. The van der Waals surface area contributed by atoms with E-state index in [9.17, 15) is 24.5 Å². The molecule has 2 amide bonds. The normalized spacial score (nSPS) is 12.6. The first-order valence-corrected chi connectivity index (χ1v) is 9.06. The molecule has 0 aromatic heterocycles. The second-order valence-electron chi connectivity index (χ2n) is 5.87. The van der Waals surface area contributed by atoms with E-state index in [2.05, 4.69) is 21.2 Å². The Hall–Kier alpha value is -3.47. The molecule has 11 heteroatoms. The molecular weight excluding hydrogens is 450 g/mol. The minimum atomic E-state index is -0.770. The van der Waals surface area contributed by atoms with Crippen LogP contribution in [0.15, 0.2) is 46.9 Å². The highest BCUT2D eigenvalue weighted by molar-refractivity contribution is 9.10. The molecule has 29 heavy (non-hydrogen) atoms. The Morgan fingerprint density at radius 2 is 2.03 bits per heavy atom. The van der Waals surface area contributed by atoms with Crippen LogP contribution in [0.1, 0.15) is 0 Å². The number of esters is 1. The van der Waals surface area contributed by atoms with Crippen molar-refractivity contribution in [1.29, 1.82) is 0 Å². The predicted molar refractivity (Wildman–Crippen MR) is 105 cm³/mol. The van der Waals surface area contributed by atoms with Crippen LogP contribution in [-0.2, 0) is 19.1 Å². The van der Waals surface area contributed by atoms with Gasteiger partial charge in [0.15, 0.2) is 13.2 Å². The van der Waals surface area contributed by atoms with Crippen LogP contribution in [0.4, 0.5) is 17.1 Å². The van der Waals surface area contributed by atoms with Crippen molar-refractivity contribution in [1.82, 2.24) is 0 Å². The van der Waals surface area contributed by atoms with Crippen LogP contribution >= 0.6 is 15.9 Å². The Kier molecular flexibility index (Phi) is 6.07. The third-order valence-corrected chi connectivity index (χ3v) is 4.55. The average Bonchev–Trinajstić information content (AvgIpc) is 2.70. The molecule has 2 aromatic carbocycles. The SMILES string of the molecule is O=C(COC(=O)CN1C(=O)COc2ccccc21)Nc1ccc([N+](=O)[O-])cc1Br. The Morgan fingerprint density at radius 3 is 2.76 bits per heavy atom. The number of nitrogens with one attached hydrogen (secondary N) is 1. The Balaban J connectivity index is 1.55. The summed E-state index contributed by atoms with van der Waals surface area (Å²) in [7, 11) is 0. The summed E-state index contributed by atoms with van der Waals surface area (Å²) in [5, 5.41) is 13.2. The number of carbonyl (C=O) groups is 3. The van der Waals surface area contributed by atoms with Gasteiger partial charge in [0.1, 0.15) is 12.3 Å². The third kappa shape index (κ3) is 4.88. The fourth-order valence-corrected chi connectivity index (χ4v) is 3.02. The maximum absolute atomic E-state index is 12.1. The summed E-state index contributed by atoms with van der Waals surface area (Å²) in [4.78, 5) is 47.5. The highest BCUT2D eigenvalue weighted by atomic mass is 79.9. The van der Waals surface area contributed by atoms with Gasteiger partial charge in [-0.2, -0.15) is 0 Å². The standard InChI is InChI=1S/C18H14BrN3O7/c19-12-7-11(22(26)27)5-6-13(12)20-16(23)9-29-18(25)8-21-14-3-1-2-4-15(14)28-10-17(21)24/h1-7H,8-10H2,(H,20,23). The number of halogens is 1. The van der Waals surface area contributed by atoms with Gasteiger partial charge in [-0.3, -0.25) is 29.4 Å². The fraction of sp³-hybridized carbons (Fsp3) is 0.167. The van der Waals surface area contributed by atoms with E-state index in [1.807, 2.05) is 0 Å². The van der Waals surface area contributed by atoms with Gasteiger partial charge in [0.2, 0.25) is 0 Å². The molecule has 0 unspecified atom stereocenters. The van der Waals surface area contributed by atoms with Crippen LogP contribution in [0.25, 0.3) is 0 Å². The molecule has 0 atom stereocenters. The molecule has 0 saturated carbocycles.